The number of hydrogen-bond donors (Lipinski definition) is 3. The van der Waals surface area contributed by atoms with Gasteiger partial charge in [-0.25, -0.2) is 0 Å². The molecular weight excluding hydrogens is 389 g/mol. The van der Waals surface area contributed by atoms with Crippen molar-refractivity contribution < 1.29 is 4.79 Å². The number of amides is 1. The summed E-state index contributed by atoms with van der Waals surface area (Å²) in [5, 5.41) is 21.5. The van der Waals surface area contributed by atoms with E-state index in [0.717, 1.165) is 25.1 Å². The third-order valence-corrected chi connectivity index (χ3v) is 4.47. The second-order valence-corrected chi connectivity index (χ2v) is 6.44. The molecule has 0 radical (unpaired) electrons. The highest BCUT2D eigenvalue weighted by atomic mass is 35.5. The van der Waals surface area contributed by atoms with Crippen LogP contribution in [-0.4, -0.2) is 50.8 Å². The standard InChI is InChI=1S/C17H25N7O.2ClH/c1-3-15(16(25)19-13-9-10-18-12(2)11-13)20-17-21-22-23-24(17)14-7-5-4-6-8-14;;/h4-8,12-13,15,18H,3,9-11H2,1-2H3,(H,19,25)(H,20,21,23);2*1H. The summed E-state index contributed by atoms with van der Waals surface area (Å²) in [4.78, 5) is 12.7. The first kappa shape index (κ1) is 23.1. The summed E-state index contributed by atoms with van der Waals surface area (Å²) >= 11 is 0. The minimum atomic E-state index is -0.376. The number of carbonyl (C=O) groups is 1. The zero-order valence-electron chi connectivity index (χ0n) is 15.5. The number of benzene rings is 1. The third kappa shape index (κ3) is 6.05. The van der Waals surface area contributed by atoms with Gasteiger partial charge in [0.1, 0.15) is 6.04 Å². The van der Waals surface area contributed by atoms with Gasteiger partial charge in [-0.1, -0.05) is 30.2 Å². The van der Waals surface area contributed by atoms with E-state index in [1.165, 1.54) is 0 Å². The van der Waals surface area contributed by atoms with Gasteiger partial charge in [-0.2, -0.15) is 4.68 Å². The summed E-state index contributed by atoms with van der Waals surface area (Å²) in [6.07, 6.45) is 2.55. The van der Waals surface area contributed by atoms with Gasteiger partial charge in [0.05, 0.1) is 5.69 Å². The summed E-state index contributed by atoms with van der Waals surface area (Å²) in [5.41, 5.74) is 0.845. The lowest BCUT2D eigenvalue weighted by Gasteiger charge is -2.30. The van der Waals surface area contributed by atoms with Crippen LogP contribution in [0.2, 0.25) is 0 Å². The molecule has 0 saturated carbocycles. The van der Waals surface area contributed by atoms with E-state index in [-0.39, 0.29) is 42.8 Å². The highest BCUT2D eigenvalue weighted by Crippen LogP contribution is 2.13. The number of halogens is 2. The highest BCUT2D eigenvalue weighted by molar-refractivity contribution is 5.85. The van der Waals surface area contributed by atoms with E-state index >= 15 is 0 Å². The second-order valence-electron chi connectivity index (χ2n) is 6.44. The predicted molar refractivity (Wildman–Crippen MR) is 110 cm³/mol. The smallest absolute Gasteiger partial charge is 0.248 e. The van der Waals surface area contributed by atoms with Gasteiger partial charge >= 0.3 is 0 Å². The SMILES string of the molecule is CCC(Nc1nnnn1-c1ccccc1)C(=O)NC1CCNC(C)C1.Cl.Cl. The van der Waals surface area contributed by atoms with Gasteiger partial charge in [-0.05, 0) is 55.3 Å². The van der Waals surface area contributed by atoms with Crippen LogP contribution in [0.15, 0.2) is 30.3 Å². The fourth-order valence-corrected chi connectivity index (χ4v) is 3.09. The number of para-hydroxylation sites is 1. The minimum absolute atomic E-state index is 0. The monoisotopic (exact) mass is 415 g/mol. The lowest BCUT2D eigenvalue weighted by Crippen LogP contribution is -2.50. The molecule has 0 bridgehead atoms. The molecule has 8 nitrogen and oxygen atoms in total. The third-order valence-electron chi connectivity index (χ3n) is 4.47. The van der Waals surface area contributed by atoms with Crippen LogP contribution < -0.4 is 16.0 Å². The van der Waals surface area contributed by atoms with Gasteiger partial charge in [-0.3, -0.25) is 4.79 Å². The van der Waals surface area contributed by atoms with Crippen molar-refractivity contribution in [2.75, 3.05) is 11.9 Å². The van der Waals surface area contributed by atoms with E-state index < -0.39 is 0 Å². The normalized spacial score (nSPS) is 19.9. The molecule has 1 aromatic heterocycles. The lowest BCUT2D eigenvalue weighted by molar-refractivity contribution is -0.122. The molecule has 1 saturated heterocycles. The van der Waals surface area contributed by atoms with Gasteiger partial charge in [0, 0.05) is 12.1 Å². The Hall–Kier alpha value is -1.90. The number of nitrogens with zero attached hydrogens (tertiary/aromatic N) is 4. The first-order valence-corrected chi connectivity index (χ1v) is 8.81. The minimum Gasteiger partial charge on any atom is -0.351 e. The first-order valence-electron chi connectivity index (χ1n) is 8.81. The Kier molecular flexibility index (Phi) is 9.48. The van der Waals surface area contributed by atoms with Gasteiger partial charge in [-0.15, -0.1) is 24.8 Å². The molecule has 150 valence electrons. The number of rotatable bonds is 6. The summed E-state index contributed by atoms with van der Waals surface area (Å²) in [5.74, 6) is 0.455. The molecular formula is C17H27Cl2N7O. The average molecular weight is 416 g/mol. The first-order chi connectivity index (χ1) is 12.2. The van der Waals surface area contributed by atoms with Crippen LogP contribution in [0.4, 0.5) is 5.95 Å². The molecule has 2 heterocycles. The average Bonchev–Trinajstić information content (AvgIpc) is 3.08. The molecule has 1 aliphatic rings. The van der Waals surface area contributed by atoms with Gasteiger partial charge in [0.25, 0.3) is 0 Å². The van der Waals surface area contributed by atoms with Crippen molar-refractivity contribution in [1.29, 1.82) is 0 Å². The number of anilines is 1. The van der Waals surface area contributed by atoms with Gasteiger partial charge in [0.2, 0.25) is 11.9 Å². The quantitative estimate of drug-likeness (QED) is 0.666. The molecule has 3 rings (SSSR count). The number of hydrogen-bond acceptors (Lipinski definition) is 6. The molecule has 2 aromatic rings. The Morgan fingerprint density at radius 3 is 2.74 bits per heavy atom. The predicted octanol–water partition coefficient (Wildman–Crippen LogP) is 1.95. The Labute approximate surface area is 171 Å². The van der Waals surface area contributed by atoms with E-state index in [1.807, 2.05) is 37.3 Å². The highest BCUT2D eigenvalue weighted by Gasteiger charge is 2.25. The Bertz CT molecular complexity index is 698. The van der Waals surface area contributed by atoms with Crippen LogP contribution in [0.25, 0.3) is 5.69 Å². The van der Waals surface area contributed by atoms with Gasteiger partial charge in [0.15, 0.2) is 0 Å². The van der Waals surface area contributed by atoms with E-state index in [2.05, 4.69) is 38.4 Å². The molecule has 3 N–H and O–H groups in total. The second kappa shape index (κ2) is 11.1. The molecule has 10 heteroatoms. The summed E-state index contributed by atoms with van der Waals surface area (Å²) < 4.78 is 1.60. The van der Waals surface area contributed by atoms with Crippen molar-refractivity contribution in [2.45, 2.75) is 51.2 Å². The van der Waals surface area contributed by atoms with E-state index in [1.54, 1.807) is 4.68 Å². The summed E-state index contributed by atoms with van der Waals surface area (Å²) in [6, 6.07) is 9.87. The maximum absolute atomic E-state index is 12.7. The zero-order chi connectivity index (χ0) is 17.6. The molecule has 1 aromatic carbocycles. The zero-order valence-corrected chi connectivity index (χ0v) is 17.1. The van der Waals surface area contributed by atoms with Crippen molar-refractivity contribution in [3.63, 3.8) is 0 Å². The largest absolute Gasteiger partial charge is 0.351 e. The van der Waals surface area contributed by atoms with Crippen LogP contribution in [-0.2, 0) is 4.79 Å². The molecule has 1 amide bonds. The van der Waals surface area contributed by atoms with Crippen molar-refractivity contribution in [3.05, 3.63) is 30.3 Å². The van der Waals surface area contributed by atoms with E-state index in [0.29, 0.717) is 18.4 Å². The van der Waals surface area contributed by atoms with Crippen LogP contribution >= 0.6 is 24.8 Å². The molecule has 27 heavy (non-hydrogen) atoms. The maximum Gasteiger partial charge on any atom is 0.248 e. The van der Waals surface area contributed by atoms with Crippen molar-refractivity contribution in [1.82, 2.24) is 30.8 Å². The van der Waals surface area contributed by atoms with E-state index in [9.17, 15) is 4.79 Å². The lowest BCUT2D eigenvalue weighted by atomic mass is 10.00. The number of nitrogens with one attached hydrogen (secondary N) is 3. The van der Waals surface area contributed by atoms with Crippen LogP contribution in [0.1, 0.15) is 33.1 Å². The number of aromatic nitrogens is 4. The molecule has 1 aliphatic heterocycles. The molecule has 3 atom stereocenters. The fourth-order valence-electron chi connectivity index (χ4n) is 3.09. The van der Waals surface area contributed by atoms with Crippen molar-refractivity contribution >= 4 is 36.7 Å². The summed E-state index contributed by atoms with van der Waals surface area (Å²) in [7, 11) is 0. The van der Waals surface area contributed by atoms with Gasteiger partial charge < -0.3 is 16.0 Å². The van der Waals surface area contributed by atoms with Crippen LogP contribution in [0, 0.1) is 0 Å². The molecule has 0 aliphatic carbocycles. The molecule has 1 fully saturated rings. The number of tetrazole rings is 1. The van der Waals surface area contributed by atoms with E-state index in [4.69, 9.17) is 0 Å². The number of piperidine rings is 1. The molecule has 3 unspecified atom stereocenters. The Balaban J connectivity index is 0.00000182. The fraction of sp³-hybridized carbons (Fsp3) is 0.529. The van der Waals surface area contributed by atoms with Crippen LogP contribution in [0.5, 0.6) is 0 Å². The topological polar surface area (TPSA) is 96.8 Å². The Morgan fingerprint density at radius 1 is 1.33 bits per heavy atom. The maximum atomic E-state index is 12.7. The van der Waals surface area contributed by atoms with Crippen molar-refractivity contribution in [2.24, 2.45) is 0 Å². The molecule has 0 spiro atoms. The van der Waals surface area contributed by atoms with Crippen molar-refractivity contribution in [3.8, 4) is 5.69 Å². The number of carbonyl (C=O) groups excluding carboxylic acids is 1. The Morgan fingerprint density at radius 2 is 2.07 bits per heavy atom. The van der Waals surface area contributed by atoms with Crippen LogP contribution in [0.3, 0.4) is 0 Å². The summed E-state index contributed by atoms with van der Waals surface area (Å²) in [6.45, 7) is 5.05.